The Morgan fingerprint density at radius 1 is 1.29 bits per heavy atom. The summed E-state index contributed by atoms with van der Waals surface area (Å²) < 4.78 is 27.4. The summed E-state index contributed by atoms with van der Waals surface area (Å²) in [5.41, 5.74) is 1.79. The number of benzene rings is 1. The Hall–Kier alpha value is -0.910. The van der Waals surface area contributed by atoms with Gasteiger partial charge in [-0.3, -0.25) is 0 Å². The van der Waals surface area contributed by atoms with Crippen molar-refractivity contribution in [2.24, 2.45) is 5.92 Å². The van der Waals surface area contributed by atoms with Crippen LogP contribution in [0.25, 0.3) is 0 Å². The third kappa shape index (κ3) is 4.53. The maximum atomic E-state index is 12.9. The van der Waals surface area contributed by atoms with Gasteiger partial charge in [-0.2, -0.15) is 4.31 Å². The molecule has 0 aromatic heterocycles. The van der Waals surface area contributed by atoms with Crippen LogP contribution in [0.1, 0.15) is 38.3 Å². The van der Waals surface area contributed by atoms with Crippen LogP contribution in [-0.4, -0.2) is 32.9 Å². The number of nitrogens with one attached hydrogen (secondary N) is 1. The molecule has 0 fully saturated rings. The average molecular weight is 312 g/mol. The smallest absolute Gasteiger partial charge is 0.243 e. The van der Waals surface area contributed by atoms with Crippen LogP contribution in [0.5, 0.6) is 0 Å². The van der Waals surface area contributed by atoms with Gasteiger partial charge in [0.1, 0.15) is 0 Å². The standard InChI is InChI=1S/C16H28N2O2S/c1-6-13(3)12-18(7-2)21(19,20)16-10-15(11-17-5)9-8-14(16)4/h8-10,13,17H,6-7,11-12H2,1-5H3. The van der Waals surface area contributed by atoms with E-state index in [1.165, 1.54) is 0 Å². The fourth-order valence-corrected chi connectivity index (χ4v) is 4.09. The number of hydrogen-bond acceptors (Lipinski definition) is 3. The van der Waals surface area contributed by atoms with E-state index in [1.54, 1.807) is 10.4 Å². The van der Waals surface area contributed by atoms with Gasteiger partial charge in [0, 0.05) is 19.6 Å². The Bertz CT molecular complexity index is 555. The summed E-state index contributed by atoms with van der Waals surface area (Å²) in [4.78, 5) is 0.431. The van der Waals surface area contributed by atoms with Gasteiger partial charge in [-0.1, -0.05) is 39.3 Å². The van der Waals surface area contributed by atoms with Crippen LogP contribution < -0.4 is 5.32 Å². The Balaban J connectivity index is 3.18. The van der Waals surface area contributed by atoms with Crippen molar-refractivity contribution in [3.05, 3.63) is 29.3 Å². The van der Waals surface area contributed by atoms with Crippen LogP contribution in [0.15, 0.2) is 23.1 Å². The predicted octanol–water partition coefficient (Wildman–Crippen LogP) is 2.77. The molecule has 0 aliphatic rings. The van der Waals surface area contributed by atoms with E-state index in [0.717, 1.165) is 17.5 Å². The van der Waals surface area contributed by atoms with E-state index in [1.807, 2.05) is 33.0 Å². The minimum atomic E-state index is -3.42. The van der Waals surface area contributed by atoms with Crippen LogP contribution in [0.2, 0.25) is 0 Å². The monoisotopic (exact) mass is 312 g/mol. The van der Waals surface area contributed by atoms with Gasteiger partial charge < -0.3 is 5.32 Å². The topological polar surface area (TPSA) is 49.4 Å². The lowest BCUT2D eigenvalue weighted by Gasteiger charge is -2.24. The van der Waals surface area contributed by atoms with E-state index in [4.69, 9.17) is 0 Å². The highest BCUT2D eigenvalue weighted by molar-refractivity contribution is 7.89. The largest absolute Gasteiger partial charge is 0.316 e. The molecule has 1 rings (SSSR count). The van der Waals surface area contributed by atoms with E-state index in [9.17, 15) is 8.42 Å². The van der Waals surface area contributed by atoms with Crippen molar-refractivity contribution in [3.63, 3.8) is 0 Å². The summed E-state index contributed by atoms with van der Waals surface area (Å²) in [5.74, 6) is 0.362. The second-order valence-electron chi connectivity index (χ2n) is 5.60. The molecule has 1 unspecified atom stereocenters. The maximum Gasteiger partial charge on any atom is 0.243 e. The quantitative estimate of drug-likeness (QED) is 0.803. The normalized spacial score (nSPS) is 13.6. The minimum absolute atomic E-state index is 0.362. The summed E-state index contributed by atoms with van der Waals surface area (Å²) in [6.07, 6.45) is 0.977. The molecule has 0 amide bonds. The molecule has 4 nitrogen and oxygen atoms in total. The highest BCUT2D eigenvalue weighted by Crippen LogP contribution is 2.22. The first-order valence-corrected chi connectivity index (χ1v) is 9.05. The van der Waals surface area contributed by atoms with Crippen molar-refractivity contribution in [1.82, 2.24) is 9.62 Å². The summed E-state index contributed by atoms with van der Waals surface area (Å²) in [7, 11) is -1.57. The van der Waals surface area contributed by atoms with Gasteiger partial charge >= 0.3 is 0 Å². The van der Waals surface area contributed by atoms with Gasteiger partial charge in [0.25, 0.3) is 0 Å². The second kappa shape index (κ2) is 7.92. The fraction of sp³-hybridized carbons (Fsp3) is 0.625. The zero-order valence-corrected chi connectivity index (χ0v) is 14.6. The molecular weight excluding hydrogens is 284 g/mol. The lowest BCUT2D eigenvalue weighted by molar-refractivity contribution is 0.361. The average Bonchev–Trinajstić information content (AvgIpc) is 2.46. The third-order valence-corrected chi connectivity index (χ3v) is 5.90. The zero-order valence-electron chi connectivity index (χ0n) is 13.8. The highest BCUT2D eigenvalue weighted by atomic mass is 32.2. The van der Waals surface area contributed by atoms with Gasteiger partial charge in [-0.15, -0.1) is 0 Å². The Morgan fingerprint density at radius 3 is 2.48 bits per heavy atom. The van der Waals surface area contributed by atoms with Crippen LogP contribution in [0.4, 0.5) is 0 Å². The molecule has 0 aliphatic carbocycles. The molecule has 0 aliphatic heterocycles. The van der Waals surface area contributed by atoms with Crippen molar-refractivity contribution >= 4 is 10.0 Å². The number of sulfonamides is 1. The Kier molecular flexibility index (Phi) is 6.84. The third-order valence-electron chi connectivity index (χ3n) is 3.82. The summed E-state index contributed by atoms with van der Waals surface area (Å²) in [5, 5.41) is 3.06. The molecule has 1 atom stereocenters. The first kappa shape index (κ1) is 18.1. The Morgan fingerprint density at radius 2 is 1.95 bits per heavy atom. The van der Waals surface area contributed by atoms with Crippen LogP contribution in [-0.2, 0) is 16.6 Å². The molecule has 1 N–H and O–H groups in total. The number of aryl methyl sites for hydroxylation is 1. The summed E-state index contributed by atoms with van der Waals surface area (Å²) in [6, 6.07) is 5.65. The predicted molar refractivity (Wildman–Crippen MR) is 87.8 cm³/mol. The highest BCUT2D eigenvalue weighted by Gasteiger charge is 2.26. The molecule has 0 heterocycles. The van der Waals surface area contributed by atoms with Gasteiger partial charge in [-0.05, 0) is 37.1 Å². The molecule has 120 valence electrons. The van der Waals surface area contributed by atoms with E-state index < -0.39 is 10.0 Å². The lowest BCUT2D eigenvalue weighted by Crippen LogP contribution is -2.35. The van der Waals surface area contributed by atoms with Crippen LogP contribution in [0.3, 0.4) is 0 Å². The lowest BCUT2D eigenvalue weighted by atomic mass is 10.1. The second-order valence-corrected chi connectivity index (χ2v) is 7.51. The molecule has 1 aromatic rings. The van der Waals surface area contributed by atoms with E-state index in [2.05, 4.69) is 19.2 Å². The van der Waals surface area contributed by atoms with Gasteiger partial charge in [0.15, 0.2) is 0 Å². The molecule has 0 radical (unpaired) electrons. The number of nitrogens with zero attached hydrogens (tertiary/aromatic N) is 1. The molecule has 0 bridgehead atoms. The fourth-order valence-electron chi connectivity index (χ4n) is 2.25. The molecule has 5 heteroatoms. The maximum absolute atomic E-state index is 12.9. The van der Waals surface area contributed by atoms with E-state index >= 15 is 0 Å². The van der Waals surface area contributed by atoms with Crippen molar-refractivity contribution < 1.29 is 8.42 Å². The minimum Gasteiger partial charge on any atom is -0.316 e. The van der Waals surface area contributed by atoms with Gasteiger partial charge in [-0.25, -0.2) is 8.42 Å². The van der Waals surface area contributed by atoms with Crippen molar-refractivity contribution in [2.45, 2.75) is 45.6 Å². The molecule has 0 spiro atoms. The van der Waals surface area contributed by atoms with E-state index in [-0.39, 0.29) is 0 Å². The van der Waals surface area contributed by atoms with Gasteiger partial charge in [0.05, 0.1) is 4.90 Å². The zero-order chi connectivity index (χ0) is 16.0. The molecule has 0 saturated heterocycles. The Labute approximate surface area is 129 Å². The molecule has 1 aromatic carbocycles. The summed E-state index contributed by atoms with van der Waals surface area (Å²) >= 11 is 0. The number of rotatable bonds is 8. The molecule has 21 heavy (non-hydrogen) atoms. The molecular formula is C16H28N2O2S. The SMILES string of the molecule is CCC(C)CN(CC)S(=O)(=O)c1cc(CNC)ccc1C. The van der Waals surface area contributed by atoms with Crippen LogP contribution >= 0.6 is 0 Å². The first-order valence-electron chi connectivity index (χ1n) is 7.61. The first-order chi connectivity index (χ1) is 9.86. The van der Waals surface area contributed by atoms with Crippen molar-refractivity contribution in [2.75, 3.05) is 20.1 Å². The molecule has 0 saturated carbocycles. The van der Waals surface area contributed by atoms with Gasteiger partial charge in [0.2, 0.25) is 10.0 Å². The summed E-state index contributed by atoms with van der Waals surface area (Å²) in [6.45, 7) is 9.67. The van der Waals surface area contributed by atoms with E-state index in [0.29, 0.717) is 30.4 Å². The van der Waals surface area contributed by atoms with Crippen LogP contribution in [0, 0.1) is 12.8 Å². The van der Waals surface area contributed by atoms with Crippen molar-refractivity contribution in [1.29, 1.82) is 0 Å². The van der Waals surface area contributed by atoms with Crippen molar-refractivity contribution in [3.8, 4) is 0 Å². The number of hydrogen-bond donors (Lipinski definition) is 1.